The summed E-state index contributed by atoms with van der Waals surface area (Å²) in [7, 11) is 0. The second-order valence-electron chi connectivity index (χ2n) is 5.98. The number of benzene rings is 1. The maximum atomic E-state index is 12.6. The van der Waals surface area contributed by atoms with Crippen LogP contribution in [0.25, 0.3) is 17.1 Å². The van der Waals surface area contributed by atoms with E-state index in [1.54, 1.807) is 12.4 Å². The molecule has 0 spiro atoms. The third-order valence-corrected chi connectivity index (χ3v) is 6.92. The van der Waals surface area contributed by atoms with Gasteiger partial charge in [0, 0.05) is 22.4 Å². The van der Waals surface area contributed by atoms with Crippen LogP contribution < -0.4 is 0 Å². The zero-order valence-electron chi connectivity index (χ0n) is 14.9. The number of hydrogen-bond acceptors (Lipinski definition) is 6. The van der Waals surface area contributed by atoms with E-state index in [0.29, 0.717) is 11.0 Å². The largest absolute Gasteiger partial charge is 0.292 e. The SMILES string of the molecule is Cc1ccccc1-n1c(SCC(=O)c2sccc2Br)nnc1-c1cccnc1. The molecule has 0 radical (unpaired) electrons. The van der Waals surface area contributed by atoms with Gasteiger partial charge in [0.05, 0.1) is 16.3 Å². The highest BCUT2D eigenvalue weighted by atomic mass is 79.9. The van der Waals surface area contributed by atoms with E-state index < -0.39 is 0 Å². The normalized spacial score (nSPS) is 10.9. The van der Waals surface area contributed by atoms with Crippen molar-refractivity contribution in [2.45, 2.75) is 12.1 Å². The van der Waals surface area contributed by atoms with Crippen molar-refractivity contribution in [1.29, 1.82) is 0 Å². The summed E-state index contributed by atoms with van der Waals surface area (Å²) >= 11 is 6.25. The molecule has 5 nitrogen and oxygen atoms in total. The third kappa shape index (κ3) is 3.80. The van der Waals surface area contributed by atoms with Gasteiger partial charge >= 0.3 is 0 Å². The maximum Gasteiger partial charge on any atom is 0.196 e. The van der Waals surface area contributed by atoms with E-state index in [9.17, 15) is 4.79 Å². The van der Waals surface area contributed by atoms with E-state index in [4.69, 9.17) is 0 Å². The zero-order chi connectivity index (χ0) is 19.5. The lowest BCUT2D eigenvalue weighted by Crippen LogP contribution is -2.05. The lowest BCUT2D eigenvalue weighted by Gasteiger charge is -2.12. The summed E-state index contributed by atoms with van der Waals surface area (Å²) in [6.07, 6.45) is 3.49. The fourth-order valence-electron chi connectivity index (χ4n) is 2.77. The van der Waals surface area contributed by atoms with Crippen molar-refractivity contribution in [2.24, 2.45) is 0 Å². The summed E-state index contributed by atoms with van der Waals surface area (Å²) in [5.74, 6) is 1.06. The average Bonchev–Trinajstić information content (AvgIpc) is 3.33. The number of thioether (sulfide) groups is 1. The van der Waals surface area contributed by atoms with E-state index in [1.807, 2.05) is 59.3 Å². The molecular formula is C20H15BrN4OS2. The lowest BCUT2D eigenvalue weighted by molar-refractivity contribution is 0.102. The Morgan fingerprint density at radius 1 is 1.18 bits per heavy atom. The number of aromatic nitrogens is 4. The predicted octanol–water partition coefficient (Wildman–Crippen LogP) is 5.44. The maximum absolute atomic E-state index is 12.6. The van der Waals surface area contributed by atoms with E-state index in [1.165, 1.54) is 23.1 Å². The number of aryl methyl sites for hydroxylation is 1. The Labute approximate surface area is 179 Å². The summed E-state index contributed by atoms with van der Waals surface area (Å²) in [5.41, 5.74) is 2.96. The van der Waals surface area contributed by atoms with Gasteiger partial charge in [-0.2, -0.15) is 0 Å². The van der Waals surface area contributed by atoms with Crippen LogP contribution in [0.1, 0.15) is 15.2 Å². The van der Waals surface area contributed by atoms with Gasteiger partial charge < -0.3 is 0 Å². The van der Waals surface area contributed by atoms with Gasteiger partial charge in [0.25, 0.3) is 0 Å². The monoisotopic (exact) mass is 470 g/mol. The fourth-order valence-corrected chi connectivity index (χ4v) is 5.21. The third-order valence-electron chi connectivity index (χ3n) is 4.11. The fraction of sp³-hybridized carbons (Fsp3) is 0.100. The Morgan fingerprint density at radius 2 is 2.04 bits per heavy atom. The smallest absolute Gasteiger partial charge is 0.196 e. The molecule has 4 aromatic rings. The molecule has 3 heterocycles. The number of nitrogens with zero attached hydrogens (tertiary/aromatic N) is 4. The van der Waals surface area contributed by atoms with Gasteiger partial charge in [-0.3, -0.25) is 14.3 Å². The molecule has 0 amide bonds. The van der Waals surface area contributed by atoms with Crippen LogP contribution in [0.2, 0.25) is 0 Å². The molecule has 0 aliphatic rings. The van der Waals surface area contributed by atoms with E-state index in [-0.39, 0.29) is 11.5 Å². The zero-order valence-corrected chi connectivity index (χ0v) is 18.1. The first-order valence-electron chi connectivity index (χ1n) is 8.46. The topological polar surface area (TPSA) is 60.7 Å². The van der Waals surface area contributed by atoms with Crippen molar-refractivity contribution in [1.82, 2.24) is 19.7 Å². The Balaban J connectivity index is 1.72. The van der Waals surface area contributed by atoms with E-state index >= 15 is 0 Å². The van der Waals surface area contributed by atoms with E-state index in [0.717, 1.165) is 26.2 Å². The van der Waals surface area contributed by atoms with Gasteiger partial charge in [0.1, 0.15) is 0 Å². The van der Waals surface area contributed by atoms with E-state index in [2.05, 4.69) is 31.1 Å². The number of rotatable bonds is 6. The molecule has 0 atom stereocenters. The minimum absolute atomic E-state index is 0.0640. The molecular weight excluding hydrogens is 456 g/mol. The molecule has 0 fully saturated rings. The number of thiophene rings is 1. The van der Waals surface area contributed by atoms with Gasteiger partial charge in [0.2, 0.25) is 0 Å². The van der Waals surface area contributed by atoms with Crippen LogP contribution in [-0.2, 0) is 0 Å². The highest BCUT2D eigenvalue weighted by Crippen LogP contribution is 2.30. The first kappa shape index (κ1) is 19.0. The Hall–Kier alpha value is -2.29. The molecule has 0 aliphatic carbocycles. The minimum atomic E-state index is 0.0640. The number of carbonyl (C=O) groups excluding carboxylic acids is 1. The van der Waals surface area contributed by atoms with Crippen LogP contribution in [0, 0.1) is 6.92 Å². The average molecular weight is 471 g/mol. The number of halogens is 1. The molecule has 1 aromatic carbocycles. The number of pyridine rings is 1. The first-order valence-corrected chi connectivity index (χ1v) is 11.1. The summed E-state index contributed by atoms with van der Waals surface area (Å²) in [6, 6.07) is 13.8. The molecule has 140 valence electrons. The standard InChI is InChI=1S/C20H15BrN4OS2/c1-13-5-2-3-7-16(13)25-19(14-6-4-9-22-11-14)23-24-20(25)28-12-17(26)18-15(21)8-10-27-18/h2-11H,12H2,1H3. The molecule has 0 aliphatic heterocycles. The van der Waals surface area contributed by atoms with Crippen molar-refractivity contribution in [3.05, 3.63) is 75.2 Å². The Kier molecular flexibility index (Phi) is 5.70. The number of hydrogen-bond donors (Lipinski definition) is 0. The van der Waals surface area contributed by atoms with Gasteiger partial charge in [-0.15, -0.1) is 21.5 Å². The number of Topliss-reactive ketones (excluding diaryl/α,β-unsaturated/α-hetero) is 1. The first-order chi connectivity index (χ1) is 13.6. The molecule has 28 heavy (non-hydrogen) atoms. The van der Waals surface area contributed by atoms with Crippen LogP contribution in [0.15, 0.2) is 69.9 Å². The highest BCUT2D eigenvalue weighted by Gasteiger charge is 2.19. The minimum Gasteiger partial charge on any atom is -0.292 e. The summed E-state index contributed by atoms with van der Waals surface area (Å²) < 4.78 is 2.83. The van der Waals surface area contributed by atoms with Crippen molar-refractivity contribution in [3.63, 3.8) is 0 Å². The molecule has 8 heteroatoms. The number of carbonyl (C=O) groups is 1. The van der Waals surface area contributed by atoms with Crippen molar-refractivity contribution < 1.29 is 4.79 Å². The van der Waals surface area contributed by atoms with Gasteiger partial charge in [-0.05, 0) is 58.1 Å². The van der Waals surface area contributed by atoms with Crippen LogP contribution in [-0.4, -0.2) is 31.3 Å². The van der Waals surface area contributed by atoms with Crippen LogP contribution in [0.4, 0.5) is 0 Å². The van der Waals surface area contributed by atoms with Crippen molar-refractivity contribution in [3.8, 4) is 17.1 Å². The van der Waals surface area contributed by atoms with Gasteiger partial charge in [-0.1, -0.05) is 30.0 Å². The molecule has 0 bridgehead atoms. The molecule has 4 rings (SSSR count). The molecule has 0 N–H and O–H groups in total. The predicted molar refractivity (Wildman–Crippen MR) is 116 cm³/mol. The quantitative estimate of drug-likeness (QED) is 0.277. The number of para-hydroxylation sites is 1. The van der Waals surface area contributed by atoms with Crippen LogP contribution >= 0.6 is 39.0 Å². The lowest BCUT2D eigenvalue weighted by atomic mass is 10.2. The molecule has 0 unspecified atom stereocenters. The molecule has 0 saturated heterocycles. The second-order valence-corrected chi connectivity index (χ2v) is 8.69. The summed E-state index contributed by atoms with van der Waals surface area (Å²) in [5, 5.41) is 11.3. The van der Waals surface area contributed by atoms with Crippen molar-refractivity contribution >= 4 is 44.8 Å². The Bertz CT molecular complexity index is 1120. The van der Waals surface area contributed by atoms with Gasteiger partial charge in [0.15, 0.2) is 16.8 Å². The van der Waals surface area contributed by atoms with Crippen LogP contribution in [0.3, 0.4) is 0 Å². The molecule has 3 aromatic heterocycles. The Morgan fingerprint density at radius 3 is 2.75 bits per heavy atom. The van der Waals surface area contributed by atoms with Gasteiger partial charge in [-0.25, -0.2) is 0 Å². The summed E-state index contributed by atoms with van der Waals surface area (Å²) in [4.78, 5) is 17.5. The number of ketones is 1. The van der Waals surface area contributed by atoms with Crippen molar-refractivity contribution in [2.75, 3.05) is 5.75 Å². The molecule has 0 saturated carbocycles. The summed E-state index contributed by atoms with van der Waals surface area (Å²) in [6.45, 7) is 2.05. The second kappa shape index (κ2) is 8.38. The van der Waals surface area contributed by atoms with Crippen LogP contribution in [0.5, 0.6) is 0 Å². The highest BCUT2D eigenvalue weighted by molar-refractivity contribution is 9.10.